The predicted molar refractivity (Wildman–Crippen MR) is 110 cm³/mol. The molecule has 0 atom stereocenters. The number of nitrogens with zero attached hydrogens (tertiary/aromatic N) is 7. The van der Waals surface area contributed by atoms with Gasteiger partial charge in [-0.25, -0.2) is 9.97 Å². The fourth-order valence-electron chi connectivity index (χ4n) is 3.82. The molecule has 3 aromatic heterocycles. The molecule has 5 rings (SSSR count). The number of hydrogen-bond acceptors (Lipinski definition) is 8. The second kappa shape index (κ2) is 7.47. The molecule has 1 aromatic carbocycles. The van der Waals surface area contributed by atoms with Crippen LogP contribution in [0.15, 0.2) is 24.3 Å². The molecule has 0 saturated carbocycles. The highest BCUT2D eigenvalue weighted by molar-refractivity contribution is 5.89. The highest BCUT2D eigenvalue weighted by Gasteiger charge is 2.24. The van der Waals surface area contributed by atoms with Crippen LogP contribution in [0.25, 0.3) is 28.1 Å². The maximum absolute atomic E-state index is 11.5. The highest BCUT2D eigenvalue weighted by Crippen LogP contribution is 2.28. The molecule has 4 heterocycles. The number of fused-ring (bicyclic) bond motifs is 2. The zero-order valence-electron chi connectivity index (χ0n) is 16.5. The average Bonchev–Trinajstić information content (AvgIpc) is 3.31. The quantitative estimate of drug-likeness (QED) is 0.486. The Hall–Kier alpha value is -3.37. The molecule has 1 fully saturated rings. The lowest BCUT2D eigenvalue weighted by Crippen LogP contribution is -2.37. The number of morpholine rings is 1. The standard InChI is InChI=1S/C20H21N7O3/c1-25-16(12-29)22-17-18(25)23-20(24-19(17)26-7-10-30-11-8-26)27-14-5-3-2-4-13(14)21-15(27)6-9-28/h2-5,12,28H,6-11H2,1H3. The first-order valence-electron chi connectivity index (χ1n) is 9.81. The number of benzene rings is 1. The summed E-state index contributed by atoms with van der Waals surface area (Å²) in [7, 11) is 1.76. The molecule has 0 unspecified atom stereocenters. The Morgan fingerprint density at radius 3 is 2.70 bits per heavy atom. The van der Waals surface area contributed by atoms with Gasteiger partial charge in [-0.1, -0.05) is 12.1 Å². The van der Waals surface area contributed by atoms with E-state index in [1.54, 1.807) is 11.6 Å². The molecule has 0 spiro atoms. The van der Waals surface area contributed by atoms with Crippen LogP contribution in [-0.2, 0) is 18.2 Å². The van der Waals surface area contributed by atoms with Gasteiger partial charge in [-0.2, -0.15) is 9.97 Å². The molecule has 0 amide bonds. The molecule has 0 bridgehead atoms. The molecule has 0 aliphatic carbocycles. The second-order valence-electron chi connectivity index (χ2n) is 7.09. The summed E-state index contributed by atoms with van der Waals surface area (Å²) in [5, 5.41) is 9.56. The number of aliphatic hydroxyl groups excluding tert-OH is 1. The number of hydrogen-bond donors (Lipinski definition) is 1. The zero-order valence-corrected chi connectivity index (χ0v) is 16.5. The van der Waals surface area contributed by atoms with Crippen LogP contribution in [0, 0.1) is 0 Å². The van der Waals surface area contributed by atoms with Crippen LogP contribution >= 0.6 is 0 Å². The Kier molecular flexibility index (Phi) is 4.64. The number of aliphatic hydroxyl groups is 1. The SMILES string of the molecule is Cn1c(C=O)nc2c(N3CCOCC3)nc(-n3c(CCO)nc4ccccc43)nc21. The van der Waals surface area contributed by atoms with Gasteiger partial charge in [-0.3, -0.25) is 9.36 Å². The van der Waals surface area contributed by atoms with Crippen LogP contribution < -0.4 is 4.90 Å². The number of anilines is 1. The lowest BCUT2D eigenvalue weighted by molar-refractivity contribution is 0.111. The monoisotopic (exact) mass is 407 g/mol. The molecule has 4 aromatic rings. The van der Waals surface area contributed by atoms with Crippen LogP contribution in [0.5, 0.6) is 0 Å². The van der Waals surface area contributed by atoms with Gasteiger partial charge >= 0.3 is 0 Å². The molecule has 10 nitrogen and oxygen atoms in total. The third-order valence-corrected chi connectivity index (χ3v) is 5.30. The molecular formula is C20H21N7O3. The van der Waals surface area contributed by atoms with Gasteiger partial charge in [0, 0.05) is 26.6 Å². The van der Waals surface area contributed by atoms with Gasteiger partial charge in [0.25, 0.3) is 0 Å². The minimum atomic E-state index is -0.0388. The summed E-state index contributed by atoms with van der Waals surface area (Å²) in [5.74, 6) is 2.05. The summed E-state index contributed by atoms with van der Waals surface area (Å²) in [6.07, 6.45) is 1.09. The lowest BCUT2D eigenvalue weighted by Gasteiger charge is -2.28. The third kappa shape index (κ3) is 2.92. The van der Waals surface area contributed by atoms with E-state index in [4.69, 9.17) is 14.7 Å². The minimum absolute atomic E-state index is 0.0388. The second-order valence-corrected chi connectivity index (χ2v) is 7.09. The fraction of sp³-hybridized carbons (Fsp3) is 0.350. The number of carbonyl (C=O) groups excluding carboxylic acids is 1. The van der Waals surface area contributed by atoms with Crippen molar-refractivity contribution in [2.24, 2.45) is 7.05 Å². The minimum Gasteiger partial charge on any atom is -0.396 e. The summed E-state index contributed by atoms with van der Waals surface area (Å²) in [4.78, 5) is 32.3. The normalized spacial score (nSPS) is 14.7. The van der Waals surface area contributed by atoms with Crippen molar-refractivity contribution < 1.29 is 14.6 Å². The molecule has 10 heteroatoms. The Balaban J connectivity index is 1.80. The number of aldehydes is 1. The molecule has 0 radical (unpaired) electrons. The highest BCUT2D eigenvalue weighted by atomic mass is 16.5. The smallest absolute Gasteiger partial charge is 0.239 e. The maximum Gasteiger partial charge on any atom is 0.239 e. The zero-order chi connectivity index (χ0) is 20.7. The van der Waals surface area contributed by atoms with Gasteiger partial charge in [0.05, 0.1) is 30.9 Å². The summed E-state index contributed by atoms with van der Waals surface area (Å²) in [5.41, 5.74) is 2.80. The lowest BCUT2D eigenvalue weighted by atomic mass is 10.3. The van der Waals surface area contributed by atoms with Crippen LogP contribution in [-0.4, -0.2) is 73.4 Å². The van der Waals surface area contributed by atoms with Crippen molar-refractivity contribution >= 4 is 34.3 Å². The number of para-hydroxylation sites is 2. The van der Waals surface area contributed by atoms with Gasteiger partial charge in [0.1, 0.15) is 5.82 Å². The Morgan fingerprint density at radius 2 is 1.93 bits per heavy atom. The molecule has 1 aliphatic heterocycles. The maximum atomic E-state index is 11.5. The number of aryl methyl sites for hydroxylation is 1. The van der Waals surface area contributed by atoms with Crippen LogP contribution in [0.1, 0.15) is 16.4 Å². The van der Waals surface area contributed by atoms with Crippen LogP contribution in [0.4, 0.5) is 5.82 Å². The third-order valence-electron chi connectivity index (χ3n) is 5.30. The molecule has 154 valence electrons. The molecular weight excluding hydrogens is 386 g/mol. The molecule has 1 aliphatic rings. The van der Waals surface area contributed by atoms with E-state index in [0.717, 1.165) is 11.0 Å². The average molecular weight is 407 g/mol. The first-order chi connectivity index (χ1) is 14.7. The number of imidazole rings is 2. The van der Waals surface area contributed by atoms with Crippen molar-refractivity contribution in [3.8, 4) is 5.95 Å². The van der Waals surface area contributed by atoms with E-state index in [1.807, 2.05) is 28.8 Å². The van der Waals surface area contributed by atoms with Gasteiger partial charge in [-0.15, -0.1) is 0 Å². The predicted octanol–water partition coefficient (Wildman–Crippen LogP) is 0.886. The molecule has 1 saturated heterocycles. The summed E-state index contributed by atoms with van der Waals surface area (Å²) >= 11 is 0. The van der Waals surface area contributed by atoms with Crippen molar-refractivity contribution in [3.63, 3.8) is 0 Å². The Labute approximate surface area is 171 Å². The topological polar surface area (TPSA) is 111 Å². The van der Waals surface area contributed by atoms with Gasteiger partial charge in [-0.05, 0) is 12.1 Å². The van der Waals surface area contributed by atoms with E-state index in [-0.39, 0.29) is 12.4 Å². The number of carbonyl (C=O) groups is 1. The van der Waals surface area contributed by atoms with E-state index in [9.17, 15) is 9.90 Å². The van der Waals surface area contributed by atoms with Gasteiger partial charge in [0.2, 0.25) is 5.95 Å². The van der Waals surface area contributed by atoms with Crippen molar-refractivity contribution in [2.75, 3.05) is 37.8 Å². The van der Waals surface area contributed by atoms with E-state index in [0.29, 0.717) is 67.8 Å². The number of rotatable bonds is 5. The first kappa shape index (κ1) is 18.6. The Bertz CT molecular complexity index is 1240. The first-order valence-corrected chi connectivity index (χ1v) is 9.81. The van der Waals surface area contributed by atoms with E-state index in [2.05, 4.69) is 14.9 Å². The van der Waals surface area contributed by atoms with E-state index in [1.165, 1.54) is 0 Å². The van der Waals surface area contributed by atoms with Gasteiger partial charge in [0.15, 0.2) is 29.1 Å². The van der Waals surface area contributed by atoms with Crippen LogP contribution in [0.3, 0.4) is 0 Å². The largest absolute Gasteiger partial charge is 0.396 e. The van der Waals surface area contributed by atoms with Crippen LogP contribution in [0.2, 0.25) is 0 Å². The summed E-state index contributed by atoms with van der Waals surface area (Å²) in [6.45, 7) is 2.50. The van der Waals surface area contributed by atoms with Crippen molar-refractivity contribution in [2.45, 2.75) is 6.42 Å². The fourth-order valence-corrected chi connectivity index (χ4v) is 3.82. The number of aromatic nitrogens is 6. The molecule has 1 N–H and O–H groups in total. The number of ether oxygens (including phenoxy) is 1. The van der Waals surface area contributed by atoms with Crippen molar-refractivity contribution in [3.05, 3.63) is 35.9 Å². The van der Waals surface area contributed by atoms with Crippen molar-refractivity contribution in [1.82, 2.24) is 29.1 Å². The summed E-state index contributed by atoms with van der Waals surface area (Å²) < 4.78 is 9.02. The van der Waals surface area contributed by atoms with Gasteiger partial charge < -0.3 is 19.3 Å². The Morgan fingerprint density at radius 1 is 1.13 bits per heavy atom. The molecule has 30 heavy (non-hydrogen) atoms. The summed E-state index contributed by atoms with van der Waals surface area (Å²) in [6, 6.07) is 7.72. The van der Waals surface area contributed by atoms with E-state index < -0.39 is 0 Å². The van der Waals surface area contributed by atoms with Crippen molar-refractivity contribution in [1.29, 1.82) is 0 Å². The van der Waals surface area contributed by atoms with E-state index >= 15 is 0 Å².